The molecule has 0 bridgehead atoms. The lowest BCUT2D eigenvalue weighted by Gasteiger charge is -2.11. The third-order valence-electron chi connectivity index (χ3n) is 3.07. The standard InChI is InChI=1S/C13H5Cl3F3N3/c14-8-2-1-5-6(3-20-11(5)9(8)15)10-7(13(17,18)19)4-21-12(16)22-10/h1-4,20H. The number of rotatable bonds is 1. The fourth-order valence-electron chi connectivity index (χ4n) is 2.11. The highest BCUT2D eigenvalue weighted by molar-refractivity contribution is 6.45. The maximum absolute atomic E-state index is 13.1. The maximum Gasteiger partial charge on any atom is 0.419 e. The first-order valence-electron chi connectivity index (χ1n) is 5.84. The van der Waals surface area contributed by atoms with Gasteiger partial charge in [0, 0.05) is 23.3 Å². The molecule has 0 fully saturated rings. The van der Waals surface area contributed by atoms with Gasteiger partial charge in [-0.1, -0.05) is 29.3 Å². The first-order chi connectivity index (χ1) is 10.3. The van der Waals surface area contributed by atoms with Crippen LogP contribution in [0.3, 0.4) is 0 Å². The summed E-state index contributed by atoms with van der Waals surface area (Å²) < 4.78 is 39.4. The fraction of sp³-hybridized carbons (Fsp3) is 0.0769. The van der Waals surface area contributed by atoms with Crippen molar-refractivity contribution in [2.75, 3.05) is 0 Å². The molecule has 9 heteroatoms. The molecule has 3 aromatic rings. The largest absolute Gasteiger partial charge is 0.419 e. The van der Waals surface area contributed by atoms with E-state index >= 15 is 0 Å². The minimum Gasteiger partial charge on any atom is -0.359 e. The number of hydrogen-bond acceptors (Lipinski definition) is 2. The van der Waals surface area contributed by atoms with Gasteiger partial charge < -0.3 is 4.98 Å². The molecule has 0 atom stereocenters. The predicted octanol–water partition coefficient (Wildman–Crippen LogP) is 5.60. The Labute approximate surface area is 137 Å². The fourth-order valence-corrected chi connectivity index (χ4v) is 2.62. The zero-order valence-electron chi connectivity index (χ0n) is 10.5. The third kappa shape index (κ3) is 2.51. The van der Waals surface area contributed by atoms with E-state index in [0.29, 0.717) is 22.1 Å². The summed E-state index contributed by atoms with van der Waals surface area (Å²) in [5.74, 6) is 0. The number of nitrogens with one attached hydrogen (secondary N) is 1. The second-order valence-corrected chi connectivity index (χ2v) is 5.51. The van der Waals surface area contributed by atoms with Crippen LogP contribution in [0, 0.1) is 0 Å². The van der Waals surface area contributed by atoms with Crippen molar-refractivity contribution in [2.45, 2.75) is 6.18 Å². The number of H-pyrrole nitrogens is 1. The predicted molar refractivity (Wildman–Crippen MR) is 79.4 cm³/mol. The van der Waals surface area contributed by atoms with Crippen molar-refractivity contribution in [3.05, 3.63) is 45.4 Å². The lowest BCUT2D eigenvalue weighted by atomic mass is 10.1. The molecule has 0 radical (unpaired) electrons. The lowest BCUT2D eigenvalue weighted by molar-refractivity contribution is -0.137. The van der Waals surface area contributed by atoms with Gasteiger partial charge in [0.1, 0.15) is 5.56 Å². The summed E-state index contributed by atoms with van der Waals surface area (Å²) in [5, 5.41) is 0.686. The number of fused-ring (bicyclic) bond motifs is 1. The van der Waals surface area contributed by atoms with E-state index in [4.69, 9.17) is 34.8 Å². The zero-order chi connectivity index (χ0) is 16.1. The number of alkyl halides is 3. The summed E-state index contributed by atoms with van der Waals surface area (Å²) in [6.07, 6.45) is -2.58. The summed E-state index contributed by atoms with van der Waals surface area (Å²) in [5.41, 5.74) is -0.668. The summed E-state index contributed by atoms with van der Waals surface area (Å²) in [7, 11) is 0. The number of aromatic amines is 1. The van der Waals surface area contributed by atoms with Gasteiger partial charge in [-0.25, -0.2) is 9.97 Å². The molecule has 3 rings (SSSR count). The van der Waals surface area contributed by atoms with Crippen LogP contribution in [-0.2, 0) is 6.18 Å². The molecule has 3 nitrogen and oxygen atoms in total. The first kappa shape index (κ1) is 15.4. The Kier molecular flexibility index (Phi) is 3.71. The topological polar surface area (TPSA) is 41.6 Å². The molecular weight excluding hydrogens is 362 g/mol. The molecule has 0 saturated carbocycles. The molecule has 1 aromatic carbocycles. The molecular formula is C13H5Cl3F3N3. The van der Waals surface area contributed by atoms with Crippen molar-refractivity contribution in [3.63, 3.8) is 0 Å². The quantitative estimate of drug-likeness (QED) is 0.569. The average Bonchev–Trinajstić information content (AvgIpc) is 2.86. The number of nitrogens with zero attached hydrogens (tertiary/aromatic N) is 2. The van der Waals surface area contributed by atoms with E-state index in [1.165, 1.54) is 12.3 Å². The molecule has 0 aliphatic carbocycles. The Bertz CT molecular complexity index is 874. The summed E-state index contributed by atoms with van der Waals surface area (Å²) in [4.78, 5) is 9.93. The van der Waals surface area contributed by atoms with Gasteiger partial charge in [-0.05, 0) is 17.7 Å². The van der Waals surface area contributed by atoms with Crippen LogP contribution in [0.25, 0.3) is 22.2 Å². The van der Waals surface area contributed by atoms with Gasteiger partial charge >= 0.3 is 6.18 Å². The molecule has 0 unspecified atom stereocenters. The van der Waals surface area contributed by atoms with Crippen LogP contribution in [0.4, 0.5) is 13.2 Å². The summed E-state index contributed by atoms with van der Waals surface area (Å²) in [6, 6.07) is 3.06. The second-order valence-electron chi connectivity index (χ2n) is 4.39. The van der Waals surface area contributed by atoms with Crippen molar-refractivity contribution >= 4 is 45.7 Å². The lowest BCUT2D eigenvalue weighted by Crippen LogP contribution is -2.09. The Balaban J connectivity index is 2.33. The molecule has 0 amide bonds. The van der Waals surface area contributed by atoms with Gasteiger partial charge in [0.15, 0.2) is 0 Å². The van der Waals surface area contributed by atoms with Crippen molar-refractivity contribution < 1.29 is 13.2 Å². The molecule has 1 N–H and O–H groups in total. The molecule has 2 heterocycles. The number of halogens is 6. The second kappa shape index (κ2) is 5.30. The van der Waals surface area contributed by atoms with Crippen LogP contribution in [-0.4, -0.2) is 15.0 Å². The van der Waals surface area contributed by atoms with Crippen molar-refractivity contribution in [1.82, 2.24) is 15.0 Å². The SMILES string of the molecule is FC(F)(F)c1cnc(Cl)nc1-c1c[nH]c2c(Cl)c(Cl)ccc12. The Morgan fingerprint density at radius 2 is 1.82 bits per heavy atom. The van der Waals surface area contributed by atoms with Gasteiger partial charge in [0.05, 0.1) is 21.3 Å². The van der Waals surface area contributed by atoms with Crippen LogP contribution in [0.1, 0.15) is 5.56 Å². The monoisotopic (exact) mass is 365 g/mol. The first-order valence-corrected chi connectivity index (χ1v) is 6.97. The van der Waals surface area contributed by atoms with E-state index in [0.717, 1.165) is 0 Å². The summed E-state index contributed by atoms with van der Waals surface area (Å²) >= 11 is 17.6. The average molecular weight is 367 g/mol. The number of benzene rings is 1. The van der Waals surface area contributed by atoms with Crippen LogP contribution < -0.4 is 0 Å². The van der Waals surface area contributed by atoms with Crippen LogP contribution in [0.2, 0.25) is 15.3 Å². The maximum atomic E-state index is 13.1. The van der Waals surface area contributed by atoms with E-state index in [1.54, 1.807) is 6.07 Å². The van der Waals surface area contributed by atoms with Gasteiger partial charge in [-0.2, -0.15) is 13.2 Å². The normalized spacial score (nSPS) is 12.1. The Morgan fingerprint density at radius 1 is 1.09 bits per heavy atom. The summed E-state index contributed by atoms with van der Waals surface area (Å²) in [6.45, 7) is 0. The highest BCUT2D eigenvalue weighted by Gasteiger charge is 2.36. The molecule has 2 aromatic heterocycles. The molecule has 22 heavy (non-hydrogen) atoms. The Hall–Kier alpha value is -1.50. The van der Waals surface area contributed by atoms with Crippen molar-refractivity contribution in [3.8, 4) is 11.3 Å². The molecule has 0 spiro atoms. The van der Waals surface area contributed by atoms with E-state index in [1.807, 2.05) is 0 Å². The van der Waals surface area contributed by atoms with Gasteiger partial charge in [-0.15, -0.1) is 0 Å². The molecule has 0 aliphatic heterocycles. The number of hydrogen-bond donors (Lipinski definition) is 1. The van der Waals surface area contributed by atoms with Crippen molar-refractivity contribution in [2.24, 2.45) is 0 Å². The van der Waals surface area contributed by atoms with Gasteiger partial charge in [0.2, 0.25) is 5.28 Å². The highest BCUT2D eigenvalue weighted by atomic mass is 35.5. The van der Waals surface area contributed by atoms with E-state index in [2.05, 4.69) is 15.0 Å². The number of aromatic nitrogens is 3. The minimum atomic E-state index is -4.61. The van der Waals surface area contributed by atoms with E-state index in [9.17, 15) is 13.2 Å². The molecule has 0 saturated heterocycles. The molecule has 0 aliphatic rings. The smallest absolute Gasteiger partial charge is 0.359 e. The van der Waals surface area contributed by atoms with Crippen LogP contribution in [0.15, 0.2) is 24.5 Å². The van der Waals surface area contributed by atoms with Crippen LogP contribution >= 0.6 is 34.8 Å². The molecule has 114 valence electrons. The van der Waals surface area contributed by atoms with Crippen LogP contribution in [0.5, 0.6) is 0 Å². The van der Waals surface area contributed by atoms with Gasteiger partial charge in [0.25, 0.3) is 0 Å². The van der Waals surface area contributed by atoms with E-state index < -0.39 is 11.7 Å². The zero-order valence-corrected chi connectivity index (χ0v) is 12.7. The van der Waals surface area contributed by atoms with E-state index in [-0.39, 0.29) is 21.6 Å². The Morgan fingerprint density at radius 3 is 2.50 bits per heavy atom. The minimum absolute atomic E-state index is 0.213. The van der Waals surface area contributed by atoms with Crippen molar-refractivity contribution in [1.29, 1.82) is 0 Å². The van der Waals surface area contributed by atoms with Gasteiger partial charge in [-0.3, -0.25) is 0 Å². The third-order valence-corrected chi connectivity index (χ3v) is 4.05. The highest BCUT2D eigenvalue weighted by Crippen LogP contribution is 2.40.